The van der Waals surface area contributed by atoms with Crippen LogP contribution in [-0.2, 0) is 0 Å². The predicted molar refractivity (Wildman–Crippen MR) is 116 cm³/mol. The third-order valence-corrected chi connectivity index (χ3v) is 4.98. The Balaban J connectivity index is 1.73. The fourth-order valence-corrected chi connectivity index (χ4v) is 3.75. The molecule has 0 radical (unpaired) electrons. The summed E-state index contributed by atoms with van der Waals surface area (Å²) < 4.78 is 13.3. The maximum absolute atomic E-state index is 11.5. The zero-order chi connectivity index (χ0) is 21.3. The highest BCUT2D eigenvalue weighted by Crippen LogP contribution is 2.33. The Morgan fingerprint density at radius 2 is 1.63 bits per heavy atom. The van der Waals surface area contributed by atoms with E-state index < -0.39 is 13.2 Å². The molecule has 0 spiro atoms. The molecule has 2 aromatic carbocycles. The molecule has 30 heavy (non-hydrogen) atoms. The summed E-state index contributed by atoms with van der Waals surface area (Å²) in [7, 11) is -2.07. The summed E-state index contributed by atoms with van der Waals surface area (Å²) in [5.74, 6) is 0.747. The van der Waals surface area contributed by atoms with Crippen LogP contribution in [0.1, 0.15) is 0 Å². The lowest BCUT2D eigenvalue weighted by Crippen LogP contribution is -2.36. The number of hydrogen-bond donors (Lipinski definition) is 0. The minimum atomic E-state index is -2.07. The molecule has 0 N–H and O–H groups in total. The highest BCUT2D eigenvalue weighted by Gasteiger charge is 2.27. The number of rotatable bonds is 6. The second kappa shape index (κ2) is 7.60. The fraction of sp³-hybridized carbons (Fsp3) is 0.143. The molecule has 0 unspecified atom stereocenters. The van der Waals surface area contributed by atoms with Crippen LogP contribution < -0.4 is 9.26 Å². The maximum Gasteiger partial charge on any atom is 0.316 e. The van der Waals surface area contributed by atoms with Crippen LogP contribution in [0.5, 0.6) is 11.6 Å². The van der Waals surface area contributed by atoms with Gasteiger partial charge in [-0.25, -0.2) is 4.98 Å². The molecule has 2 heterocycles. The lowest BCUT2D eigenvalue weighted by atomic mass is 10.1. The van der Waals surface area contributed by atoms with Crippen molar-refractivity contribution in [3.63, 3.8) is 0 Å². The first-order valence-electron chi connectivity index (χ1n) is 9.35. The third kappa shape index (κ3) is 4.01. The van der Waals surface area contributed by atoms with Crippen LogP contribution in [0, 0.1) is 10.1 Å². The molecule has 0 aliphatic carbocycles. The molecule has 4 aromatic rings. The first-order valence-corrected chi connectivity index (χ1v) is 12.8. The molecule has 0 amide bonds. The van der Waals surface area contributed by atoms with Crippen LogP contribution in [0.2, 0.25) is 19.6 Å². The summed E-state index contributed by atoms with van der Waals surface area (Å²) in [6.45, 7) is 5.95. The molecular formula is C21H20N4O4Si. The van der Waals surface area contributed by atoms with E-state index in [1.165, 1.54) is 17.3 Å². The molecule has 0 aliphatic rings. The van der Waals surface area contributed by atoms with Gasteiger partial charge in [-0.2, -0.15) is 9.71 Å². The highest BCUT2D eigenvalue weighted by atomic mass is 28.4. The summed E-state index contributed by atoms with van der Waals surface area (Å²) in [5, 5.41) is 11.5. The highest BCUT2D eigenvalue weighted by molar-refractivity contribution is 6.70. The number of benzene rings is 2. The normalized spacial score (nSPS) is 11.4. The zero-order valence-corrected chi connectivity index (χ0v) is 17.8. The van der Waals surface area contributed by atoms with Gasteiger partial charge in [0.05, 0.1) is 4.92 Å². The Labute approximate surface area is 174 Å². The average Bonchev–Trinajstić information content (AvgIpc) is 3.07. The number of hydrogen-bond acceptors (Lipinski definition) is 6. The molecule has 0 bridgehead atoms. The predicted octanol–water partition coefficient (Wildman–Crippen LogP) is 5.06. The van der Waals surface area contributed by atoms with Gasteiger partial charge in [-0.05, 0) is 42.9 Å². The Morgan fingerprint density at radius 3 is 2.27 bits per heavy atom. The third-order valence-electron chi connectivity index (χ3n) is 4.24. The van der Waals surface area contributed by atoms with Crippen molar-refractivity contribution < 1.29 is 14.2 Å². The number of aromatic nitrogens is 3. The monoisotopic (exact) mass is 420 g/mol. The molecule has 8 nitrogen and oxygen atoms in total. The van der Waals surface area contributed by atoms with Crippen molar-refractivity contribution >= 4 is 25.0 Å². The molecule has 0 aliphatic heterocycles. The maximum atomic E-state index is 11.5. The summed E-state index contributed by atoms with van der Waals surface area (Å²) >= 11 is 0. The van der Waals surface area contributed by atoms with Crippen molar-refractivity contribution in [3.05, 3.63) is 77.2 Å². The topological polar surface area (TPSA) is 92.3 Å². The van der Waals surface area contributed by atoms with E-state index in [-0.39, 0.29) is 17.1 Å². The van der Waals surface area contributed by atoms with Crippen LogP contribution in [0.4, 0.5) is 5.69 Å². The first kappa shape index (κ1) is 19.6. The van der Waals surface area contributed by atoms with Gasteiger partial charge in [0.2, 0.25) is 0 Å². The smallest absolute Gasteiger partial charge is 0.316 e. The summed E-state index contributed by atoms with van der Waals surface area (Å²) in [6.07, 6.45) is 2.57. The van der Waals surface area contributed by atoms with Crippen molar-refractivity contribution in [1.29, 1.82) is 0 Å². The lowest BCUT2D eigenvalue weighted by Gasteiger charge is -2.20. The van der Waals surface area contributed by atoms with E-state index in [0.29, 0.717) is 11.3 Å². The largest absolute Gasteiger partial charge is 0.470 e. The molecule has 0 atom stereocenters. The molecule has 9 heteroatoms. The Kier molecular flexibility index (Phi) is 4.96. The van der Waals surface area contributed by atoms with E-state index in [0.717, 1.165) is 11.1 Å². The van der Waals surface area contributed by atoms with Gasteiger partial charge in [-0.3, -0.25) is 10.1 Å². The SMILES string of the molecule is C[Si](C)(C)On1cc([N+](=O)[O-])c2ncnc(Oc3ccc(-c4ccccc4)cc3)c21. The van der Waals surface area contributed by atoms with Gasteiger partial charge in [-0.15, -0.1) is 0 Å². The van der Waals surface area contributed by atoms with Gasteiger partial charge >= 0.3 is 5.69 Å². The van der Waals surface area contributed by atoms with Crippen LogP contribution in [0.15, 0.2) is 67.1 Å². The summed E-state index contributed by atoms with van der Waals surface area (Å²) in [6, 6.07) is 17.6. The molecule has 0 saturated heterocycles. The molecular weight excluding hydrogens is 400 g/mol. The van der Waals surface area contributed by atoms with Gasteiger partial charge in [0.15, 0.2) is 11.0 Å². The van der Waals surface area contributed by atoms with Crippen molar-refractivity contribution in [2.75, 3.05) is 0 Å². The number of ether oxygens (including phenoxy) is 1. The lowest BCUT2D eigenvalue weighted by molar-refractivity contribution is -0.383. The average molecular weight is 421 g/mol. The minimum absolute atomic E-state index is 0.157. The quantitative estimate of drug-likeness (QED) is 0.246. The van der Waals surface area contributed by atoms with Gasteiger partial charge in [0.1, 0.15) is 18.3 Å². The number of nitrogens with zero attached hydrogens (tertiary/aromatic N) is 4. The van der Waals surface area contributed by atoms with Crippen molar-refractivity contribution in [2.45, 2.75) is 19.6 Å². The van der Waals surface area contributed by atoms with E-state index >= 15 is 0 Å². The number of nitro groups is 1. The summed E-state index contributed by atoms with van der Waals surface area (Å²) in [5.41, 5.74) is 2.50. The standard InChI is InChI=1S/C21H20N4O4Si/c1-30(2,3)29-24-13-18(25(26)27)19-20(24)21(23-14-22-19)28-17-11-9-16(10-12-17)15-7-5-4-6-8-15/h4-14H,1-3H3. The van der Waals surface area contributed by atoms with Crippen LogP contribution >= 0.6 is 0 Å². The summed E-state index contributed by atoms with van der Waals surface area (Å²) in [4.78, 5) is 19.3. The van der Waals surface area contributed by atoms with Gasteiger partial charge in [0, 0.05) is 0 Å². The molecule has 4 rings (SSSR count). The van der Waals surface area contributed by atoms with Crippen molar-refractivity contribution in [2.24, 2.45) is 0 Å². The van der Waals surface area contributed by atoms with Crippen LogP contribution in [-0.4, -0.2) is 27.9 Å². The van der Waals surface area contributed by atoms with Gasteiger partial charge < -0.3 is 9.26 Å². The fourth-order valence-electron chi connectivity index (χ4n) is 3.02. The van der Waals surface area contributed by atoms with Gasteiger partial charge in [-0.1, -0.05) is 42.5 Å². The van der Waals surface area contributed by atoms with Crippen LogP contribution in [0.3, 0.4) is 0 Å². The second-order valence-electron chi connectivity index (χ2n) is 7.67. The van der Waals surface area contributed by atoms with E-state index in [2.05, 4.69) is 9.97 Å². The van der Waals surface area contributed by atoms with Gasteiger partial charge in [0.25, 0.3) is 14.2 Å². The minimum Gasteiger partial charge on any atom is -0.470 e. The van der Waals surface area contributed by atoms with Crippen LogP contribution in [0.25, 0.3) is 22.2 Å². The molecule has 0 saturated carbocycles. The first-order chi connectivity index (χ1) is 14.3. The second-order valence-corrected chi connectivity index (χ2v) is 12.1. The zero-order valence-electron chi connectivity index (χ0n) is 16.8. The van der Waals surface area contributed by atoms with E-state index in [1.807, 2.05) is 74.2 Å². The molecule has 152 valence electrons. The molecule has 2 aromatic heterocycles. The Hall–Kier alpha value is -3.72. The van der Waals surface area contributed by atoms with Crippen molar-refractivity contribution in [1.82, 2.24) is 14.7 Å². The van der Waals surface area contributed by atoms with Crippen molar-refractivity contribution in [3.8, 4) is 22.8 Å². The Bertz CT molecular complexity index is 1200. The number of fused-ring (bicyclic) bond motifs is 1. The molecule has 0 fully saturated rings. The van der Waals surface area contributed by atoms with E-state index in [4.69, 9.17) is 9.26 Å². The van der Waals surface area contributed by atoms with E-state index in [1.54, 1.807) is 0 Å². The Morgan fingerprint density at radius 1 is 0.967 bits per heavy atom. The van der Waals surface area contributed by atoms with E-state index in [9.17, 15) is 10.1 Å².